The molecule has 2 aromatic carbocycles. The van der Waals surface area contributed by atoms with E-state index in [2.05, 4.69) is 51.5 Å². The highest BCUT2D eigenvalue weighted by atomic mass is 32.1. The Labute approximate surface area is 207 Å². The second kappa shape index (κ2) is 8.85. The van der Waals surface area contributed by atoms with Crippen molar-refractivity contribution in [2.24, 2.45) is 0 Å². The quantitative estimate of drug-likeness (QED) is 0.353. The smallest absolute Gasteiger partial charge is 0.246 e. The van der Waals surface area contributed by atoms with Gasteiger partial charge in [-0.05, 0) is 53.9 Å². The van der Waals surface area contributed by atoms with Gasteiger partial charge in [-0.1, -0.05) is 12.6 Å². The van der Waals surface area contributed by atoms with Crippen LogP contribution in [0.5, 0.6) is 11.5 Å². The van der Waals surface area contributed by atoms with Crippen LogP contribution in [0, 0.1) is 0 Å². The minimum absolute atomic E-state index is 0.00925. The van der Waals surface area contributed by atoms with Gasteiger partial charge in [0.25, 0.3) is 0 Å². The van der Waals surface area contributed by atoms with Crippen LogP contribution in [0.2, 0.25) is 0 Å². The van der Waals surface area contributed by atoms with Crippen LogP contribution in [0.25, 0.3) is 21.0 Å². The molecular formula is C27H26N4O3S. The Kier molecular flexibility index (Phi) is 5.53. The normalized spacial score (nSPS) is 21.3. The lowest BCUT2D eigenvalue weighted by atomic mass is 9.99. The van der Waals surface area contributed by atoms with E-state index in [0.717, 1.165) is 42.3 Å². The minimum atomic E-state index is 0.00925. The van der Waals surface area contributed by atoms with Gasteiger partial charge in [-0.2, -0.15) is 0 Å². The number of ether oxygens (including phenoxy) is 2. The Balaban J connectivity index is 1.30. The summed E-state index contributed by atoms with van der Waals surface area (Å²) in [5.41, 5.74) is 1.74. The van der Waals surface area contributed by atoms with E-state index in [1.165, 1.54) is 16.2 Å². The number of thiophene rings is 1. The number of benzene rings is 2. The first-order valence-electron chi connectivity index (χ1n) is 11.8. The summed E-state index contributed by atoms with van der Waals surface area (Å²) in [4.78, 5) is 23.3. The van der Waals surface area contributed by atoms with Crippen LogP contribution in [0.15, 0.2) is 60.8 Å². The Hall–Kier alpha value is -3.65. The third kappa shape index (κ3) is 3.97. The highest BCUT2D eigenvalue weighted by Gasteiger charge is 2.43. The van der Waals surface area contributed by atoms with Crippen LogP contribution < -0.4 is 14.8 Å². The van der Waals surface area contributed by atoms with Gasteiger partial charge in [-0.15, -0.1) is 11.3 Å². The lowest BCUT2D eigenvalue weighted by Gasteiger charge is -2.38. The first-order valence-corrected chi connectivity index (χ1v) is 12.7. The van der Waals surface area contributed by atoms with Crippen LogP contribution in [-0.4, -0.2) is 46.1 Å². The predicted octanol–water partition coefficient (Wildman–Crippen LogP) is 5.68. The van der Waals surface area contributed by atoms with E-state index in [1.54, 1.807) is 24.8 Å². The van der Waals surface area contributed by atoms with Gasteiger partial charge in [0, 0.05) is 46.8 Å². The molecule has 2 aliphatic heterocycles. The van der Waals surface area contributed by atoms with Crippen molar-refractivity contribution in [2.45, 2.75) is 43.9 Å². The van der Waals surface area contributed by atoms with Gasteiger partial charge in [0.15, 0.2) is 11.5 Å². The molecule has 0 spiro atoms. The molecule has 1 amide bonds. The summed E-state index contributed by atoms with van der Waals surface area (Å²) >= 11 is 1.71. The molecule has 0 saturated carbocycles. The maximum absolute atomic E-state index is 12.3. The molecule has 0 unspecified atom stereocenters. The number of hydrogen-bond acceptors (Lipinski definition) is 7. The molecule has 2 saturated heterocycles. The SMILES string of the molecule is C=CC(=O)N1[C@@H]2CC[C@H]1C[C@H](Oc1cc3c(Nc4ccc5ccsc5c4)ncnc3cc1OC)C2. The number of nitrogens with zero attached hydrogens (tertiary/aromatic N) is 3. The van der Waals surface area contributed by atoms with E-state index in [4.69, 9.17) is 9.47 Å². The number of piperidine rings is 1. The van der Waals surface area contributed by atoms with Crippen molar-refractivity contribution in [1.29, 1.82) is 0 Å². The van der Waals surface area contributed by atoms with Crippen LogP contribution in [0.1, 0.15) is 25.7 Å². The number of amides is 1. The molecule has 0 radical (unpaired) electrons. The summed E-state index contributed by atoms with van der Waals surface area (Å²) < 4.78 is 13.4. The zero-order valence-corrected chi connectivity index (χ0v) is 20.3. The zero-order valence-electron chi connectivity index (χ0n) is 19.4. The van der Waals surface area contributed by atoms with Crippen molar-refractivity contribution in [3.8, 4) is 11.5 Å². The fourth-order valence-corrected chi connectivity index (χ4v) is 6.28. The summed E-state index contributed by atoms with van der Waals surface area (Å²) in [6, 6.07) is 12.7. The number of aromatic nitrogens is 2. The first kappa shape index (κ1) is 21.9. The number of rotatable bonds is 6. The van der Waals surface area contributed by atoms with Crippen LogP contribution in [0.3, 0.4) is 0 Å². The molecule has 2 aliphatic rings. The van der Waals surface area contributed by atoms with Gasteiger partial charge in [0.2, 0.25) is 5.91 Å². The lowest BCUT2D eigenvalue weighted by Crippen LogP contribution is -2.48. The molecule has 2 bridgehead atoms. The van der Waals surface area contributed by atoms with E-state index < -0.39 is 0 Å². The molecule has 7 nitrogen and oxygen atoms in total. The molecule has 4 heterocycles. The summed E-state index contributed by atoms with van der Waals surface area (Å²) in [6.45, 7) is 3.66. The fraction of sp³-hybridized carbons (Fsp3) is 0.296. The van der Waals surface area contributed by atoms with Crippen molar-refractivity contribution in [1.82, 2.24) is 14.9 Å². The standard InChI is InChI=1S/C27H26N4O3S/c1-3-26(32)31-18-6-7-19(31)12-20(11-18)34-24-13-21-22(14-23(24)33-2)28-15-29-27(21)30-17-5-4-16-8-9-35-25(16)10-17/h3-5,8-10,13-15,18-20H,1,6-7,11-12H2,2H3,(H,28,29,30)/t18-,19+,20-. The number of anilines is 2. The maximum Gasteiger partial charge on any atom is 0.246 e. The number of carbonyl (C=O) groups is 1. The third-order valence-corrected chi connectivity index (χ3v) is 7.93. The molecule has 2 fully saturated rings. The van der Waals surface area contributed by atoms with E-state index in [-0.39, 0.29) is 24.1 Å². The minimum Gasteiger partial charge on any atom is -0.493 e. The van der Waals surface area contributed by atoms with Crippen LogP contribution in [0.4, 0.5) is 11.5 Å². The zero-order chi connectivity index (χ0) is 23.9. The molecule has 2 aromatic heterocycles. The predicted molar refractivity (Wildman–Crippen MR) is 139 cm³/mol. The molecule has 0 aliphatic carbocycles. The monoisotopic (exact) mass is 486 g/mol. The van der Waals surface area contributed by atoms with Gasteiger partial charge in [-0.25, -0.2) is 9.97 Å². The first-order chi connectivity index (χ1) is 17.1. The lowest BCUT2D eigenvalue weighted by molar-refractivity contribution is -0.131. The summed E-state index contributed by atoms with van der Waals surface area (Å²) in [7, 11) is 1.64. The van der Waals surface area contributed by atoms with E-state index in [9.17, 15) is 4.79 Å². The van der Waals surface area contributed by atoms with Crippen LogP contribution in [-0.2, 0) is 4.79 Å². The number of methoxy groups -OCH3 is 1. The average Bonchev–Trinajstić information content (AvgIpc) is 3.45. The molecule has 35 heavy (non-hydrogen) atoms. The molecule has 3 atom stereocenters. The number of carbonyl (C=O) groups excluding carboxylic acids is 1. The van der Waals surface area contributed by atoms with Crippen molar-refractivity contribution in [3.05, 3.63) is 60.8 Å². The second-order valence-corrected chi connectivity index (χ2v) is 10.0. The van der Waals surface area contributed by atoms with Crippen molar-refractivity contribution in [2.75, 3.05) is 12.4 Å². The van der Waals surface area contributed by atoms with Crippen molar-refractivity contribution in [3.63, 3.8) is 0 Å². The van der Waals surface area contributed by atoms with E-state index >= 15 is 0 Å². The Morgan fingerprint density at radius 1 is 1.14 bits per heavy atom. The van der Waals surface area contributed by atoms with Crippen molar-refractivity contribution >= 4 is 49.7 Å². The number of nitrogens with one attached hydrogen (secondary N) is 1. The van der Waals surface area contributed by atoms with E-state index in [1.807, 2.05) is 17.0 Å². The molecular weight excluding hydrogens is 460 g/mol. The van der Waals surface area contributed by atoms with Gasteiger partial charge in [0.1, 0.15) is 18.2 Å². The number of hydrogen-bond donors (Lipinski definition) is 1. The topological polar surface area (TPSA) is 76.6 Å². The summed E-state index contributed by atoms with van der Waals surface area (Å²) in [5, 5.41) is 7.63. The average molecular weight is 487 g/mol. The maximum atomic E-state index is 12.3. The second-order valence-electron chi connectivity index (χ2n) is 9.09. The molecule has 4 aromatic rings. The van der Waals surface area contributed by atoms with Gasteiger partial charge in [-0.3, -0.25) is 4.79 Å². The number of fused-ring (bicyclic) bond motifs is 4. The van der Waals surface area contributed by atoms with Gasteiger partial charge < -0.3 is 19.7 Å². The Morgan fingerprint density at radius 2 is 1.97 bits per heavy atom. The molecule has 8 heteroatoms. The molecule has 6 rings (SSSR count). The van der Waals surface area contributed by atoms with E-state index in [0.29, 0.717) is 17.3 Å². The Bertz CT molecular complexity index is 1420. The molecule has 178 valence electrons. The third-order valence-electron chi connectivity index (χ3n) is 7.05. The van der Waals surface area contributed by atoms with Gasteiger partial charge in [0.05, 0.1) is 12.6 Å². The largest absolute Gasteiger partial charge is 0.493 e. The van der Waals surface area contributed by atoms with Crippen LogP contribution >= 0.6 is 11.3 Å². The van der Waals surface area contributed by atoms with Crippen molar-refractivity contribution < 1.29 is 14.3 Å². The highest BCUT2D eigenvalue weighted by molar-refractivity contribution is 7.17. The fourth-order valence-electron chi connectivity index (χ4n) is 5.45. The summed E-state index contributed by atoms with van der Waals surface area (Å²) in [5.74, 6) is 2.04. The Morgan fingerprint density at radius 3 is 2.74 bits per heavy atom. The molecule has 1 N–H and O–H groups in total. The highest BCUT2D eigenvalue weighted by Crippen LogP contribution is 2.41. The summed E-state index contributed by atoms with van der Waals surface area (Å²) in [6.07, 6.45) is 6.60. The van der Waals surface area contributed by atoms with Gasteiger partial charge >= 0.3 is 0 Å².